The standard InChI is InChI=1S/C31H34F2N2OS2/c1-20(32)17-29(21(2)33)34-13-15-35(16-14-34)38-24-6-8-26-25-7-5-23(18-27(25)30(36)28(26)19-24)37-22-9-11-31(3,4)12-10-22/h5-8,17-19,22H,1-2,9-16H2,3-4H3/b29-17+. The maximum atomic E-state index is 13.8. The number of carbonyl (C=O) groups is 1. The summed E-state index contributed by atoms with van der Waals surface area (Å²) in [5.41, 5.74) is 4.17. The summed E-state index contributed by atoms with van der Waals surface area (Å²) in [4.78, 5) is 17.4. The summed E-state index contributed by atoms with van der Waals surface area (Å²) in [7, 11) is 0. The number of halogens is 2. The zero-order valence-corrected chi connectivity index (χ0v) is 23.7. The molecule has 0 atom stereocenters. The van der Waals surface area contributed by atoms with Crippen LogP contribution in [0.5, 0.6) is 0 Å². The van der Waals surface area contributed by atoms with E-state index in [9.17, 15) is 13.6 Å². The first kappa shape index (κ1) is 27.2. The first-order valence-corrected chi connectivity index (χ1v) is 14.8. The van der Waals surface area contributed by atoms with Gasteiger partial charge in [-0.3, -0.25) is 4.79 Å². The fraction of sp³-hybridized carbons (Fsp3) is 0.387. The van der Waals surface area contributed by atoms with Gasteiger partial charge in [0.15, 0.2) is 5.78 Å². The lowest BCUT2D eigenvalue weighted by Gasteiger charge is -2.36. The van der Waals surface area contributed by atoms with Gasteiger partial charge in [0.2, 0.25) is 0 Å². The molecule has 0 aromatic heterocycles. The second-order valence-electron chi connectivity index (χ2n) is 11.1. The molecule has 1 aliphatic heterocycles. The highest BCUT2D eigenvalue weighted by molar-refractivity contribution is 8.00. The van der Waals surface area contributed by atoms with Gasteiger partial charge in [0, 0.05) is 52.3 Å². The van der Waals surface area contributed by atoms with Crippen molar-refractivity contribution in [2.75, 3.05) is 26.2 Å². The molecule has 0 unspecified atom stereocenters. The molecule has 3 aliphatic rings. The Balaban J connectivity index is 1.23. The minimum Gasteiger partial charge on any atom is -0.366 e. The molecule has 2 fully saturated rings. The quantitative estimate of drug-likeness (QED) is 0.216. The van der Waals surface area contributed by atoms with E-state index in [0.29, 0.717) is 36.8 Å². The van der Waals surface area contributed by atoms with Crippen molar-refractivity contribution in [3.8, 4) is 11.1 Å². The van der Waals surface area contributed by atoms with Gasteiger partial charge in [0.1, 0.15) is 11.7 Å². The van der Waals surface area contributed by atoms with Gasteiger partial charge in [-0.2, -0.15) is 0 Å². The first-order chi connectivity index (χ1) is 18.1. The van der Waals surface area contributed by atoms with Crippen LogP contribution in [0.3, 0.4) is 0 Å². The lowest BCUT2D eigenvalue weighted by Crippen LogP contribution is -2.42. The number of hydrogen-bond donors (Lipinski definition) is 0. The van der Waals surface area contributed by atoms with Crippen LogP contribution in [0, 0.1) is 5.41 Å². The van der Waals surface area contributed by atoms with Gasteiger partial charge in [0.05, 0.1) is 5.70 Å². The average molecular weight is 553 g/mol. The molecule has 3 nitrogen and oxygen atoms in total. The van der Waals surface area contributed by atoms with Crippen LogP contribution >= 0.6 is 23.7 Å². The third-order valence-corrected chi connectivity index (χ3v) is 10.2. The van der Waals surface area contributed by atoms with E-state index in [4.69, 9.17) is 0 Å². The minimum atomic E-state index is -0.692. The van der Waals surface area contributed by atoms with Crippen molar-refractivity contribution < 1.29 is 13.6 Å². The summed E-state index contributed by atoms with van der Waals surface area (Å²) in [6, 6.07) is 12.5. The van der Waals surface area contributed by atoms with Crippen LogP contribution in [0.1, 0.15) is 55.5 Å². The van der Waals surface area contributed by atoms with Gasteiger partial charge >= 0.3 is 0 Å². The van der Waals surface area contributed by atoms with Crippen molar-refractivity contribution in [3.63, 3.8) is 0 Å². The Morgan fingerprint density at radius 2 is 1.50 bits per heavy atom. The molecule has 2 aromatic carbocycles. The Hall–Kier alpha value is -2.35. The van der Waals surface area contributed by atoms with Crippen molar-refractivity contribution in [3.05, 3.63) is 84.1 Å². The number of rotatable bonds is 7. The van der Waals surface area contributed by atoms with E-state index in [2.05, 4.69) is 61.6 Å². The van der Waals surface area contributed by atoms with Crippen LogP contribution in [-0.2, 0) is 0 Å². The predicted octanol–water partition coefficient (Wildman–Crippen LogP) is 8.43. The zero-order chi connectivity index (χ0) is 27.0. The van der Waals surface area contributed by atoms with E-state index in [1.54, 1.807) is 16.8 Å². The molecule has 200 valence electrons. The maximum absolute atomic E-state index is 13.8. The Morgan fingerprint density at radius 1 is 0.921 bits per heavy atom. The van der Waals surface area contributed by atoms with Crippen LogP contribution in [0.25, 0.3) is 11.1 Å². The van der Waals surface area contributed by atoms with Gasteiger partial charge in [-0.15, -0.1) is 11.8 Å². The zero-order valence-electron chi connectivity index (χ0n) is 22.1. The molecule has 2 aromatic rings. The first-order valence-electron chi connectivity index (χ1n) is 13.2. The van der Waals surface area contributed by atoms with Crippen LogP contribution in [0.15, 0.2) is 82.8 Å². The smallest absolute Gasteiger partial charge is 0.194 e. The van der Waals surface area contributed by atoms with E-state index in [0.717, 1.165) is 33.2 Å². The number of thioether (sulfide) groups is 1. The summed E-state index contributed by atoms with van der Waals surface area (Å²) < 4.78 is 29.3. The topological polar surface area (TPSA) is 23.6 Å². The molecule has 0 amide bonds. The predicted molar refractivity (Wildman–Crippen MR) is 155 cm³/mol. The van der Waals surface area contributed by atoms with Crippen LogP contribution in [-0.4, -0.2) is 46.4 Å². The van der Waals surface area contributed by atoms with E-state index in [1.807, 2.05) is 17.8 Å². The lowest BCUT2D eigenvalue weighted by atomic mass is 9.77. The summed E-state index contributed by atoms with van der Waals surface area (Å²) in [6.07, 6.45) is 6.05. The van der Waals surface area contributed by atoms with Crippen LogP contribution in [0.4, 0.5) is 8.78 Å². The molecule has 0 N–H and O–H groups in total. The molecule has 0 bridgehead atoms. The monoisotopic (exact) mass is 552 g/mol. The Labute approximate surface area is 233 Å². The molecule has 0 radical (unpaired) electrons. The number of benzene rings is 2. The highest BCUT2D eigenvalue weighted by atomic mass is 32.2. The molecular weight excluding hydrogens is 518 g/mol. The van der Waals surface area contributed by atoms with E-state index in [1.165, 1.54) is 30.6 Å². The van der Waals surface area contributed by atoms with Gasteiger partial charge in [-0.1, -0.05) is 39.1 Å². The molecule has 38 heavy (non-hydrogen) atoms. The van der Waals surface area contributed by atoms with Gasteiger partial charge in [0.25, 0.3) is 0 Å². The number of nitrogens with zero attached hydrogens (tertiary/aromatic N) is 2. The minimum absolute atomic E-state index is 0.0946. The largest absolute Gasteiger partial charge is 0.366 e. The fourth-order valence-electron chi connectivity index (χ4n) is 5.51. The molecule has 2 aliphatic carbocycles. The lowest BCUT2D eigenvalue weighted by molar-refractivity contribution is 0.104. The molecule has 0 spiro atoms. The van der Waals surface area contributed by atoms with Gasteiger partial charge < -0.3 is 4.90 Å². The highest BCUT2D eigenvalue weighted by Crippen LogP contribution is 2.44. The number of fused-ring (bicyclic) bond motifs is 3. The van der Waals surface area contributed by atoms with E-state index in [-0.39, 0.29) is 11.5 Å². The third-order valence-electron chi connectivity index (χ3n) is 7.74. The fourth-order valence-corrected chi connectivity index (χ4v) is 7.64. The van der Waals surface area contributed by atoms with Crippen LogP contribution < -0.4 is 0 Å². The van der Waals surface area contributed by atoms with E-state index < -0.39 is 11.7 Å². The number of carbonyl (C=O) groups excluding carboxylic acids is 1. The van der Waals surface area contributed by atoms with Crippen molar-refractivity contribution in [1.82, 2.24) is 9.21 Å². The molecular formula is C31H34F2N2OS2. The highest BCUT2D eigenvalue weighted by Gasteiger charge is 2.30. The van der Waals surface area contributed by atoms with Crippen molar-refractivity contribution in [2.24, 2.45) is 5.41 Å². The maximum Gasteiger partial charge on any atom is 0.194 e. The van der Waals surface area contributed by atoms with Crippen molar-refractivity contribution in [1.29, 1.82) is 0 Å². The second-order valence-corrected chi connectivity index (χ2v) is 13.7. The molecule has 7 heteroatoms. The summed E-state index contributed by atoms with van der Waals surface area (Å²) in [5.74, 6) is -1.26. The molecule has 1 saturated heterocycles. The van der Waals surface area contributed by atoms with Gasteiger partial charge in [-0.25, -0.2) is 13.1 Å². The number of allylic oxidation sites excluding steroid dienone is 3. The van der Waals surface area contributed by atoms with Crippen molar-refractivity contribution in [2.45, 2.75) is 54.6 Å². The Kier molecular flexibility index (Phi) is 7.90. The summed E-state index contributed by atoms with van der Waals surface area (Å²) in [5, 5.41) is 0.619. The average Bonchev–Trinajstić information content (AvgIpc) is 3.15. The summed E-state index contributed by atoms with van der Waals surface area (Å²) in [6.45, 7) is 13.7. The Bertz CT molecular complexity index is 1300. The molecule has 1 heterocycles. The number of piperazine rings is 1. The molecule has 1 saturated carbocycles. The number of hydrogen-bond acceptors (Lipinski definition) is 5. The molecule has 5 rings (SSSR count). The van der Waals surface area contributed by atoms with Crippen LogP contribution in [0.2, 0.25) is 0 Å². The second kappa shape index (κ2) is 11.0. The SMILES string of the molecule is C=C(F)/C=C(\C(=C)F)N1CCN(Sc2ccc3c(c2)C(=O)c2cc(SC4CCC(C)(C)CC4)ccc2-3)CC1. The Morgan fingerprint density at radius 3 is 2.08 bits per heavy atom. The van der Waals surface area contributed by atoms with Gasteiger partial charge in [-0.05, 0) is 84.5 Å². The third kappa shape index (κ3) is 5.95. The number of ketones is 1. The summed E-state index contributed by atoms with van der Waals surface area (Å²) >= 11 is 3.52. The van der Waals surface area contributed by atoms with Crippen molar-refractivity contribution >= 4 is 29.5 Å². The normalized spacial score (nSPS) is 19.8. The van der Waals surface area contributed by atoms with E-state index >= 15 is 0 Å².